The number of nitrogens with zero attached hydrogens (tertiary/aromatic N) is 6. The summed E-state index contributed by atoms with van der Waals surface area (Å²) in [7, 11) is 4.02. The predicted molar refractivity (Wildman–Crippen MR) is 122 cm³/mol. The number of fused-ring (bicyclic) bond motifs is 1. The maximum absolute atomic E-state index is 12.5. The summed E-state index contributed by atoms with van der Waals surface area (Å²) < 4.78 is 3.66. The zero-order chi connectivity index (χ0) is 21.4. The van der Waals surface area contributed by atoms with E-state index in [2.05, 4.69) is 27.0 Å². The highest BCUT2D eigenvalue weighted by Gasteiger charge is 2.21. The van der Waals surface area contributed by atoms with Crippen LogP contribution in [0.5, 0.6) is 0 Å². The summed E-state index contributed by atoms with van der Waals surface area (Å²) in [4.78, 5) is 19.9. The fourth-order valence-electron chi connectivity index (χ4n) is 3.02. The Hall–Kier alpha value is -2.20. The van der Waals surface area contributed by atoms with Crippen LogP contribution in [-0.4, -0.2) is 43.1 Å². The maximum Gasteiger partial charge on any atom is 0.258 e. The van der Waals surface area contributed by atoms with Gasteiger partial charge < -0.3 is 0 Å². The van der Waals surface area contributed by atoms with Crippen LogP contribution in [0.15, 0.2) is 45.7 Å². The van der Waals surface area contributed by atoms with Gasteiger partial charge in [-0.3, -0.25) is 18.7 Å². The lowest BCUT2D eigenvalue weighted by molar-refractivity contribution is 0.305. The lowest BCUT2D eigenvalue weighted by Crippen LogP contribution is -2.20. The highest BCUT2D eigenvalue weighted by Crippen LogP contribution is 2.29. The van der Waals surface area contributed by atoms with Crippen molar-refractivity contribution in [2.75, 3.05) is 14.1 Å². The molecule has 3 aromatic heterocycles. The number of hydrogen-bond acceptors (Lipinski definition) is 7. The summed E-state index contributed by atoms with van der Waals surface area (Å²) in [6, 6.07) is 9.26. The van der Waals surface area contributed by atoms with E-state index in [1.165, 1.54) is 23.1 Å². The van der Waals surface area contributed by atoms with Gasteiger partial charge >= 0.3 is 0 Å². The molecule has 4 aromatic rings. The van der Waals surface area contributed by atoms with Crippen molar-refractivity contribution in [2.45, 2.75) is 30.8 Å². The van der Waals surface area contributed by atoms with Crippen molar-refractivity contribution >= 4 is 39.7 Å². The molecule has 0 saturated heterocycles. The molecule has 0 fully saturated rings. The Labute approximate surface area is 187 Å². The second-order valence-corrected chi connectivity index (χ2v) is 9.38. The first-order valence-corrected chi connectivity index (χ1v) is 11.6. The van der Waals surface area contributed by atoms with Gasteiger partial charge in [0.25, 0.3) is 5.56 Å². The molecule has 0 aliphatic rings. The van der Waals surface area contributed by atoms with Crippen LogP contribution in [0.4, 0.5) is 0 Å². The highest BCUT2D eigenvalue weighted by atomic mass is 35.5. The number of benzene rings is 1. The molecule has 0 aliphatic carbocycles. The molecule has 7 nitrogen and oxygen atoms in total. The van der Waals surface area contributed by atoms with Gasteiger partial charge in [-0.1, -0.05) is 23.4 Å². The summed E-state index contributed by atoms with van der Waals surface area (Å²) in [6.07, 6.45) is 0. The van der Waals surface area contributed by atoms with Crippen molar-refractivity contribution in [3.63, 3.8) is 0 Å². The SMILES string of the molecule is Cc1csc2nc(CSc3nnc(C(C)N(C)C)n3-c3ccc(Cl)cc3)cc(=O)n12. The Kier molecular flexibility index (Phi) is 5.97. The third-order valence-corrected chi connectivity index (χ3v) is 7.03. The average Bonchev–Trinajstić information content (AvgIpc) is 3.30. The van der Waals surface area contributed by atoms with Gasteiger partial charge in [-0.15, -0.1) is 21.5 Å². The Bertz CT molecular complexity index is 1240. The summed E-state index contributed by atoms with van der Waals surface area (Å²) in [5.41, 5.74) is 2.50. The summed E-state index contributed by atoms with van der Waals surface area (Å²) in [5, 5.41) is 12.2. The van der Waals surface area contributed by atoms with Crippen LogP contribution in [0.25, 0.3) is 10.6 Å². The van der Waals surface area contributed by atoms with Crippen LogP contribution in [-0.2, 0) is 5.75 Å². The minimum Gasteiger partial charge on any atom is -0.300 e. The van der Waals surface area contributed by atoms with E-state index < -0.39 is 0 Å². The standard InChI is InChI=1S/C20H21ClN6OS2/c1-12-10-29-19-22-15(9-17(28)26(12)19)11-30-20-24-23-18(13(2)25(3)4)27(20)16-7-5-14(21)6-8-16/h5-10,13H,11H2,1-4H3. The Morgan fingerprint density at radius 3 is 2.67 bits per heavy atom. The minimum atomic E-state index is -0.0598. The molecule has 0 N–H and O–H groups in total. The molecule has 3 heterocycles. The lowest BCUT2D eigenvalue weighted by Gasteiger charge is -2.20. The maximum atomic E-state index is 12.5. The monoisotopic (exact) mass is 460 g/mol. The van der Waals surface area contributed by atoms with Gasteiger partial charge in [-0.25, -0.2) is 4.98 Å². The van der Waals surface area contributed by atoms with E-state index in [-0.39, 0.29) is 11.6 Å². The average molecular weight is 461 g/mol. The number of halogens is 1. The molecule has 1 unspecified atom stereocenters. The molecule has 0 radical (unpaired) electrons. The Morgan fingerprint density at radius 1 is 1.23 bits per heavy atom. The fourth-order valence-corrected chi connectivity index (χ4v) is 4.89. The first-order chi connectivity index (χ1) is 14.3. The highest BCUT2D eigenvalue weighted by molar-refractivity contribution is 7.98. The van der Waals surface area contributed by atoms with Crippen molar-refractivity contribution in [1.82, 2.24) is 29.0 Å². The van der Waals surface area contributed by atoms with Crippen molar-refractivity contribution in [2.24, 2.45) is 0 Å². The first kappa shape index (κ1) is 21.0. The van der Waals surface area contributed by atoms with Gasteiger partial charge in [0.2, 0.25) is 0 Å². The van der Waals surface area contributed by atoms with Crippen LogP contribution in [0.1, 0.15) is 30.2 Å². The molecule has 0 saturated carbocycles. The second-order valence-electron chi connectivity index (χ2n) is 7.16. The quantitative estimate of drug-likeness (QED) is 0.401. The van der Waals surface area contributed by atoms with Crippen LogP contribution >= 0.6 is 34.7 Å². The number of aromatic nitrogens is 5. The van der Waals surface area contributed by atoms with Crippen LogP contribution in [0.3, 0.4) is 0 Å². The smallest absolute Gasteiger partial charge is 0.258 e. The summed E-state index contributed by atoms with van der Waals surface area (Å²) in [6.45, 7) is 3.99. The van der Waals surface area contributed by atoms with Crippen LogP contribution in [0.2, 0.25) is 5.02 Å². The Morgan fingerprint density at radius 2 is 1.97 bits per heavy atom. The first-order valence-electron chi connectivity index (χ1n) is 9.32. The second kappa shape index (κ2) is 8.50. The van der Waals surface area contributed by atoms with Gasteiger partial charge in [-0.05, 0) is 52.2 Å². The van der Waals surface area contributed by atoms with Gasteiger partial charge in [0.05, 0.1) is 11.7 Å². The van der Waals surface area contributed by atoms with Gasteiger partial charge in [-0.2, -0.15) is 0 Å². The van der Waals surface area contributed by atoms with E-state index in [9.17, 15) is 4.79 Å². The van der Waals surface area contributed by atoms with E-state index in [0.29, 0.717) is 15.7 Å². The molecule has 1 atom stereocenters. The Balaban J connectivity index is 1.69. The molecule has 0 bridgehead atoms. The molecule has 30 heavy (non-hydrogen) atoms. The number of aryl methyl sites for hydroxylation is 1. The van der Waals surface area contributed by atoms with E-state index in [4.69, 9.17) is 11.6 Å². The van der Waals surface area contributed by atoms with E-state index in [0.717, 1.165) is 28.1 Å². The number of thioether (sulfide) groups is 1. The zero-order valence-corrected chi connectivity index (χ0v) is 19.4. The van der Waals surface area contributed by atoms with Crippen molar-refractivity contribution in [3.05, 3.63) is 68.3 Å². The third-order valence-electron chi connectivity index (χ3n) is 4.87. The van der Waals surface area contributed by atoms with Gasteiger partial charge in [0, 0.05) is 33.6 Å². The number of rotatable bonds is 6. The van der Waals surface area contributed by atoms with Crippen molar-refractivity contribution in [1.29, 1.82) is 0 Å². The van der Waals surface area contributed by atoms with Gasteiger partial charge in [0.15, 0.2) is 15.9 Å². The molecule has 10 heteroatoms. The number of hydrogen-bond donors (Lipinski definition) is 0. The predicted octanol–water partition coefficient (Wildman–Crippen LogP) is 4.21. The van der Waals surface area contributed by atoms with Crippen molar-refractivity contribution < 1.29 is 0 Å². The minimum absolute atomic E-state index is 0.0598. The topological polar surface area (TPSA) is 68.3 Å². The van der Waals surface area contributed by atoms with E-state index in [1.54, 1.807) is 10.5 Å². The zero-order valence-electron chi connectivity index (χ0n) is 17.0. The van der Waals surface area contributed by atoms with E-state index >= 15 is 0 Å². The largest absolute Gasteiger partial charge is 0.300 e. The molecule has 0 amide bonds. The van der Waals surface area contributed by atoms with E-state index in [1.807, 2.05) is 55.2 Å². The van der Waals surface area contributed by atoms with Crippen LogP contribution in [0, 0.1) is 6.92 Å². The summed E-state index contributed by atoms with van der Waals surface area (Å²) in [5.74, 6) is 1.35. The third kappa shape index (κ3) is 4.02. The summed E-state index contributed by atoms with van der Waals surface area (Å²) >= 11 is 9.05. The molecule has 156 valence electrons. The van der Waals surface area contributed by atoms with Gasteiger partial charge in [0.1, 0.15) is 0 Å². The molecule has 4 rings (SSSR count). The van der Waals surface area contributed by atoms with Crippen LogP contribution < -0.4 is 5.56 Å². The lowest BCUT2D eigenvalue weighted by atomic mass is 10.2. The molecular formula is C20H21ClN6OS2. The molecule has 1 aromatic carbocycles. The van der Waals surface area contributed by atoms with Crippen molar-refractivity contribution in [3.8, 4) is 5.69 Å². The molecule has 0 spiro atoms. The molecule has 0 aliphatic heterocycles. The number of thiazole rings is 1. The normalized spacial score (nSPS) is 12.7. The fraction of sp³-hybridized carbons (Fsp3) is 0.300. The molecular weight excluding hydrogens is 440 g/mol.